The van der Waals surface area contributed by atoms with E-state index in [1.807, 2.05) is 31.2 Å². The van der Waals surface area contributed by atoms with E-state index in [0.717, 1.165) is 16.0 Å². The Morgan fingerprint density at radius 3 is 2.62 bits per heavy atom. The summed E-state index contributed by atoms with van der Waals surface area (Å²) in [6.07, 6.45) is 0. The van der Waals surface area contributed by atoms with Crippen molar-refractivity contribution < 1.29 is 19.1 Å². The largest absolute Gasteiger partial charge is 0.494 e. The molecular weight excluding hydrogens is 352 g/mol. The number of hydrogen-bond acceptors (Lipinski definition) is 5. The second-order valence-electron chi connectivity index (χ2n) is 5.39. The number of aromatic nitrogens is 1. The van der Waals surface area contributed by atoms with E-state index in [1.54, 1.807) is 28.8 Å². The molecule has 0 fully saturated rings. The van der Waals surface area contributed by atoms with E-state index in [0.29, 0.717) is 17.0 Å². The van der Waals surface area contributed by atoms with Crippen LogP contribution in [0.1, 0.15) is 17.3 Å². The van der Waals surface area contributed by atoms with E-state index < -0.39 is 5.97 Å². The van der Waals surface area contributed by atoms with E-state index in [2.05, 4.69) is 4.99 Å². The first-order chi connectivity index (χ1) is 12.6. The lowest BCUT2D eigenvalue weighted by Gasteiger charge is -2.05. The van der Waals surface area contributed by atoms with Crippen molar-refractivity contribution in [2.75, 3.05) is 13.7 Å². The summed E-state index contributed by atoms with van der Waals surface area (Å²) in [6, 6.07) is 14.4. The summed E-state index contributed by atoms with van der Waals surface area (Å²) in [5, 5.41) is 0. The molecule has 0 atom stereocenters. The molecule has 0 aliphatic carbocycles. The Balaban J connectivity index is 2.12. The van der Waals surface area contributed by atoms with Crippen LogP contribution >= 0.6 is 11.3 Å². The van der Waals surface area contributed by atoms with Gasteiger partial charge >= 0.3 is 5.97 Å². The fraction of sp³-hybridized carbons (Fsp3) is 0.211. The smallest absolute Gasteiger partial charge is 0.325 e. The summed E-state index contributed by atoms with van der Waals surface area (Å²) in [4.78, 5) is 28.9. The average molecular weight is 370 g/mol. The van der Waals surface area contributed by atoms with Crippen molar-refractivity contribution in [3.05, 3.63) is 58.9 Å². The van der Waals surface area contributed by atoms with Crippen LogP contribution in [-0.2, 0) is 16.1 Å². The van der Waals surface area contributed by atoms with Crippen molar-refractivity contribution in [2.45, 2.75) is 13.5 Å². The van der Waals surface area contributed by atoms with E-state index in [1.165, 1.54) is 18.4 Å². The number of methoxy groups -OCH3 is 1. The van der Waals surface area contributed by atoms with Crippen LogP contribution < -0.4 is 9.54 Å². The van der Waals surface area contributed by atoms with Gasteiger partial charge in [0.25, 0.3) is 5.91 Å². The number of carbonyl (C=O) groups excluding carboxylic acids is 2. The first-order valence-electron chi connectivity index (χ1n) is 8.09. The van der Waals surface area contributed by atoms with E-state index in [-0.39, 0.29) is 12.5 Å². The molecule has 0 aliphatic rings. The second-order valence-corrected chi connectivity index (χ2v) is 6.40. The van der Waals surface area contributed by atoms with Crippen molar-refractivity contribution in [2.24, 2.45) is 4.99 Å². The number of hydrogen-bond donors (Lipinski definition) is 0. The number of benzene rings is 2. The lowest BCUT2D eigenvalue weighted by atomic mass is 10.2. The van der Waals surface area contributed by atoms with E-state index >= 15 is 0 Å². The van der Waals surface area contributed by atoms with Gasteiger partial charge in [0.05, 0.1) is 23.9 Å². The highest BCUT2D eigenvalue weighted by molar-refractivity contribution is 7.16. The Morgan fingerprint density at radius 1 is 1.15 bits per heavy atom. The molecule has 3 rings (SSSR count). The van der Waals surface area contributed by atoms with Crippen molar-refractivity contribution >= 4 is 33.4 Å². The van der Waals surface area contributed by atoms with E-state index in [9.17, 15) is 9.59 Å². The van der Waals surface area contributed by atoms with Gasteiger partial charge in [-0.3, -0.25) is 9.59 Å². The molecule has 0 N–H and O–H groups in total. The summed E-state index contributed by atoms with van der Waals surface area (Å²) in [5.41, 5.74) is 1.29. The molecule has 0 saturated heterocycles. The fourth-order valence-electron chi connectivity index (χ4n) is 2.47. The van der Waals surface area contributed by atoms with Gasteiger partial charge in [0.15, 0.2) is 4.80 Å². The topological polar surface area (TPSA) is 69.9 Å². The number of carbonyl (C=O) groups is 2. The third-order valence-corrected chi connectivity index (χ3v) is 4.74. The number of fused-ring (bicyclic) bond motifs is 1. The number of amides is 1. The maximum atomic E-state index is 12.5. The molecule has 134 valence electrons. The predicted molar refractivity (Wildman–Crippen MR) is 99.3 cm³/mol. The van der Waals surface area contributed by atoms with Gasteiger partial charge in [-0.15, -0.1) is 0 Å². The number of thiazole rings is 1. The second kappa shape index (κ2) is 7.97. The minimum absolute atomic E-state index is 0.0224. The Labute approximate surface area is 154 Å². The van der Waals surface area contributed by atoms with Crippen LogP contribution in [0, 0.1) is 0 Å². The van der Waals surface area contributed by atoms with Crippen LogP contribution in [0.5, 0.6) is 5.75 Å². The molecule has 2 aromatic carbocycles. The molecule has 7 heteroatoms. The van der Waals surface area contributed by atoms with Crippen molar-refractivity contribution in [3.8, 4) is 5.75 Å². The molecule has 0 spiro atoms. The molecular formula is C19H18N2O4S. The monoisotopic (exact) mass is 370 g/mol. The molecule has 1 amide bonds. The normalized spacial score (nSPS) is 11.5. The van der Waals surface area contributed by atoms with Crippen LogP contribution in [0.25, 0.3) is 10.2 Å². The molecule has 26 heavy (non-hydrogen) atoms. The molecule has 0 radical (unpaired) electrons. The van der Waals surface area contributed by atoms with Gasteiger partial charge in [0.1, 0.15) is 12.3 Å². The number of esters is 1. The maximum absolute atomic E-state index is 12.5. The molecule has 3 aromatic rings. The van der Waals surface area contributed by atoms with Gasteiger partial charge in [0, 0.05) is 5.56 Å². The van der Waals surface area contributed by atoms with Crippen molar-refractivity contribution in [1.82, 2.24) is 4.57 Å². The molecule has 0 bridgehead atoms. The minimum Gasteiger partial charge on any atom is -0.494 e. The zero-order valence-corrected chi connectivity index (χ0v) is 15.3. The number of nitrogens with zero attached hydrogens (tertiary/aromatic N) is 2. The van der Waals surface area contributed by atoms with Crippen LogP contribution in [0.4, 0.5) is 0 Å². The molecule has 6 nitrogen and oxygen atoms in total. The highest BCUT2D eigenvalue weighted by Crippen LogP contribution is 2.23. The van der Waals surface area contributed by atoms with Crippen LogP contribution in [0.15, 0.2) is 53.5 Å². The fourth-order valence-corrected chi connectivity index (χ4v) is 3.53. The SMILES string of the molecule is CCOc1ccc2c(c1)sc(=NC(=O)c1ccccc1)n2CC(=O)OC. The zero-order chi connectivity index (χ0) is 18.5. The lowest BCUT2D eigenvalue weighted by molar-refractivity contribution is -0.141. The first kappa shape index (κ1) is 17.9. The van der Waals surface area contributed by atoms with Gasteiger partial charge in [-0.25, -0.2) is 0 Å². The van der Waals surface area contributed by atoms with Crippen molar-refractivity contribution in [1.29, 1.82) is 0 Å². The van der Waals surface area contributed by atoms with Gasteiger partial charge < -0.3 is 14.0 Å². The summed E-state index contributed by atoms with van der Waals surface area (Å²) >= 11 is 1.33. The van der Waals surface area contributed by atoms with Crippen LogP contribution in [-0.4, -0.2) is 30.2 Å². The standard InChI is InChI=1S/C19H18N2O4S/c1-3-25-14-9-10-15-16(11-14)26-19(21(15)12-17(22)24-2)20-18(23)13-7-5-4-6-8-13/h4-11H,3,12H2,1-2H3. The van der Waals surface area contributed by atoms with Gasteiger partial charge in [-0.05, 0) is 37.3 Å². The maximum Gasteiger partial charge on any atom is 0.325 e. The van der Waals surface area contributed by atoms with Gasteiger partial charge in [-0.1, -0.05) is 29.5 Å². The summed E-state index contributed by atoms with van der Waals surface area (Å²) in [7, 11) is 1.33. The zero-order valence-electron chi connectivity index (χ0n) is 14.5. The number of rotatable bonds is 5. The lowest BCUT2D eigenvalue weighted by Crippen LogP contribution is -2.22. The molecule has 1 heterocycles. The Kier molecular flexibility index (Phi) is 5.48. The highest BCUT2D eigenvalue weighted by atomic mass is 32.1. The third kappa shape index (κ3) is 3.83. The predicted octanol–water partition coefficient (Wildman–Crippen LogP) is 3.02. The van der Waals surface area contributed by atoms with Crippen molar-refractivity contribution in [3.63, 3.8) is 0 Å². The van der Waals surface area contributed by atoms with Crippen LogP contribution in [0.3, 0.4) is 0 Å². The first-order valence-corrected chi connectivity index (χ1v) is 8.91. The molecule has 1 aromatic heterocycles. The van der Waals surface area contributed by atoms with E-state index in [4.69, 9.17) is 9.47 Å². The summed E-state index contributed by atoms with van der Waals surface area (Å²) < 4.78 is 12.9. The summed E-state index contributed by atoms with van der Waals surface area (Å²) in [6.45, 7) is 2.45. The van der Waals surface area contributed by atoms with Crippen LogP contribution in [0.2, 0.25) is 0 Å². The molecule has 0 aliphatic heterocycles. The third-order valence-electron chi connectivity index (χ3n) is 3.70. The highest BCUT2D eigenvalue weighted by Gasteiger charge is 2.13. The minimum atomic E-state index is -0.410. The Hall–Kier alpha value is -2.93. The quantitative estimate of drug-likeness (QED) is 0.648. The Bertz CT molecular complexity index is 1010. The molecule has 0 unspecified atom stereocenters. The van der Waals surface area contributed by atoms with Gasteiger partial charge in [0.2, 0.25) is 0 Å². The summed E-state index contributed by atoms with van der Waals surface area (Å²) in [5.74, 6) is -0.0413. The molecule has 0 saturated carbocycles. The Morgan fingerprint density at radius 2 is 1.92 bits per heavy atom. The van der Waals surface area contributed by atoms with Gasteiger partial charge in [-0.2, -0.15) is 4.99 Å². The average Bonchev–Trinajstić information content (AvgIpc) is 2.99. The number of ether oxygens (including phenoxy) is 2.